The van der Waals surface area contributed by atoms with Crippen molar-refractivity contribution in [3.63, 3.8) is 0 Å². The van der Waals surface area contributed by atoms with E-state index < -0.39 is 0 Å². The summed E-state index contributed by atoms with van der Waals surface area (Å²) < 4.78 is 14.6. The molecule has 0 N–H and O–H groups in total. The summed E-state index contributed by atoms with van der Waals surface area (Å²) in [6.45, 7) is 2.10. The second-order valence-electron chi connectivity index (χ2n) is 5.93. The van der Waals surface area contributed by atoms with Gasteiger partial charge in [0.2, 0.25) is 0 Å². The maximum Gasteiger partial charge on any atom is 0.258 e. The second-order valence-corrected chi connectivity index (χ2v) is 6.73. The van der Waals surface area contributed by atoms with Crippen molar-refractivity contribution in [2.24, 2.45) is 0 Å². The molecule has 3 rings (SSSR count). The van der Waals surface area contributed by atoms with Crippen molar-refractivity contribution in [3.05, 3.63) is 81.3 Å². The van der Waals surface area contributed by atoms with E-state index in [1.807, 2.05) is 18.2 Å². The molecule has 0 spiro atoms. The molecule has 0 saturated heterocycles. The maximum absolute atomic E-state index is 13.1. The highest BCUT2D eigenvalue weighted by molar-refractivity contribution is 6.33. The molecule has 1 aromatic heterocycles. The number of benzene rings is 2. The van der Waals surface area contributed by atoms with E-state index in [9.17, 15) is 9.18 Å². The molecule has 134 valence electrons. The molecular weight excluding hydrogens is 376 g/mol. The average molecular weight is 392 g/mol. The fraction of sp³-hybridized carbons (Fsp3) is 0.158. The lowest BCUT2D eigenvalue weighted by Gasteiger charge is -2.17. The predicted octanol–water partition coefficient (Wildman–Crippen LogP) is 4.90. The van der Waals surface area contributed by atoms with Crippen molar-refractivity contribution in [2.45, 2.75) is 13.5 Å². The molecule has 0 fully saturated rings. The van der Waals surface area contributed by atoms with Gasteiger partial charge in [-0.25, -0.2) is 9.07 Å². The first-order valence-electron chi connectivity index (χ1n) is 7.88. The molecule has 26 heavy (non-hydrogen) atoms. The van der Waals surface area contributed by atoms with Crippen LogP contribution in [0.3, 0.4) is 0 Å². The second kappa shape index (κ2) is 7.48. The Labute approximate surface area is 160 Å². The fourth-order valence-corrected chi connectivity index (χ4v) is 3.23. The minimum Gasteiger partial charge on any atom is -0.337 e. The van der Waals surface area contributed by atoms with Gasteiger partial charge in [0.1, 0.15) is 11.0 Å². The number of amides is 1. The van der Waals surface area contributed by atoms with E-state index in [1.54, 1.807) is 37.1 Å². The van der Waals surface area contributed by atoms with Crippen LogP contribution in [0.1, 0.15) is 21.6 Å². The normalized spacial score (nSPS) is 10.8. The third kappa shape index (κ3) is 3.74. The van der Waals surface area contributed by atoms with Crippen LogP contribution in [0.15, 0.2) is 48.5 Å². The van der Waals surface area contributed by atoms with Gasteiger partial charge in [0.15, 0.2) is 0 Å². The van der Waals surface area contributed by atoms with E-state index in [1.165, 1.54) is 16.8 Å². The number of hydrogen-bond acceptors (Lipinski definition) is 2. The molecule has 0 aliphatic heterocycles. The zero-order valence-electron chi connectivity index (χ0n) is 14.2. The third-order valence-electron chi connectivity index (χ3n) is 3.94. The number of carbonyl (C=O) groups is 1. The van der Waals surface area contributed by atoms with Gasteiger partial charge in [-0.2, -0.15) is 5.10 Å². The summed E-state index contributed by atoms with van der Waals surface area (Å²) in [6.07, 6.45) is 0. The molecule has 3 aromatic rings. The number of aryl methyl sites for hydroxylation is 1. The zero-order valence-corrected chi connectivity index (χ0v) is 15.7. The summed E-state index contributed by atoms with van der Waals surface area (Å²) in [7, 11) is 1.69. The molecular formula is C19H16Cl2FN3O. The van der Waals surface area contributed by atoms with Crippen molar-refractivity contribution < 1.29 is 9.18 Å². The molecule has 1 heterocycles. The molecule has 0 atom stereocenters. The molecule has 2 aromatic carbocycles. The van der Waals surface area contributed by atoms with Crippen LogP contribution in [-0.4, -0.2) is 27.6 Å². The summed E-state index contributed by atoms with van der Waals surface area (Å²) in [5.41, 5.74) is 2.31. The molecule has 1 amide bonds. The summed E-state index contributed by atoms with van der Waals surface area (Å²) in [6, 6.07) is 13.1. The summed E-state index contributed by atoms with van der Waals surface area (Å²) in [5.74, 6) is -0.604. The van der Waals surface area contributed by atoms with Gasteiger partial charge in [-0.05, 0) is 48.9 Å². The van der Waals surface area contributed by atoms with Gasteiger partial charge in [0.25, 0.3) is 5.91 Å². The first-order valence-corrected chi connectivity index (χ1v) is 8.63. The Morgan fingerprint density at radius 1 is 1.19 bits per heavy atom. The lowest BCUT2D eigenvalue weighted by Crippen LogP contribution is -2.26. The number of aromatic nitrogens is 2. The molecule has 0 radical (unpaired) electrons. The molecule has 0 aliphatic carbocycles. The highest BCUT2D eigenvalue weighted by Crippen LogP contribution is 2.25. The van der Waals surface area contributed by atoms with Crippen LogP contribution in [0.5, 0.6) is 0 Å². The van der Waals surface area contributed by atoms with Crippen molar-refractivity contribution in [1.29, 1.82) is 0 Å². The first kappa shape index (κ1) is 18.4. The Kier molecular flexibility index (Phi) is 5.30. The van der Waals surface area contributed by atoms with Gasteiger partial charge in [-0.3, -0.25) is 4.79 Å². The van der Waals surface area contributed by atoms with Crippen molar-refractivity contribution in [3.8, 4) is 5.69 Å². The van der Waals surface area contributed by atoms with Crippen molar-refractivity contribution >= 4 is 29.1 Å². The maximum atomic E-state index is 13.1. The van der Waals surface area contributed by atoms with Gasteiger partial charge in [-0.1, -0.05) is 35.3 Å². The van der Waals surface area contributed by atoms with Crippen molar-refractivity contribution in [2.75, 3.05) is 7.05 Å². The predicted molar refractivity (Wildman–Crippen MR) is 101 cm³/mol. The zero-order chi connectivity index (χ0) is 18.8. The standard InChI is InChI=1S/C19H16Cl2FN3O/c1-12-17(18(21)25(23-12)16-8-6-15(22)7-9-16)19(26)24(2)11-13-4-3-5-14(20)10-13/h3-10H,11H2,1-2H3. The Hall–Kier alpha value is -2.37. The van der Waals surface area contributed by atoms with Crippen LogP contribution < -0.4 is 0 Å². The Balaban J connectivity index is 1.88. The van der Waals surface area contributed by atoms with Crippen molar-refractivity contribution in [1.82, 2.24) is 14.7 Å². The highest BCUT2D eigenvalue weighted by atomic mass is 35.5. The number of halogens is 3. The largest absolute Gasteiger partial charge is 0.337 e. The molecule has 0 bridgehead atoms. The minimum absolute atomic E-state index is 0.192. The van der Waals surface area contributed by atoms with Gasteiger partial charge < -0.3 is 4.90 Å². The molecule has 0 aliphatic rings. The lowest BCUT2D eigenvalue weighted by molar-refractivity contribution is 0.0784. The quantitative estimate of drug-likeness (QED) is 0.634. The smallest absolute Gasteiger partial charge is 0.258 e. The molecule has 0 saturated carbocycles. The first-order chi connectivity index (χ1) is 12.4. The summed E-state index contributed by atoms with van der Waals surface area (Å²) >= 11 is 12.4. The van der Waals surface area contributed by atoms with Gasteiger partial charge in [0.05, 0.1) is 16.9 Å². The Morgan fingerprint density at radius 3 is 2.54 bits per heavy atom. The molecule has 0 unspecified atom stereocenters. The Bertz CT molecular complexity index is 954. The summed E-state index contributed by atoms with van der Waals surface area (Å²) in [5, 5.41) is 5.13. The van der Waals surface area contributed by atoms with Crippen LogP contribution in [0, 0.1) is 12.7 Å². The number of carbonyl (C=O) groups excluding carboxylic acids is 1. The molecule has 4 nitrogen and oxygen atoms in total. The molecule has 7 heteroatoms. The van der Waals surface area contributed by atoms with Gasteiger partial charge >= 0.3 is 0 Å². The lowest BCUT2D eigenvalue weighted by atomic mass is 10.2. The van der Waals surface area contributed by atoms with E-state index in [4.69, 9.17) is 23.2 Å². The minimum atomic E-state index is -0.355. The van der Waals surface area contributed by atoms with E-state index in [2.05, 4.69) is 5.10 Å². The van der Waals surface area contributed by atoms with Crippen LogP contribution in [0.2, 0.25) is 10.2 Å². The monoisotopic (exact) mass is 391 g/mol. The topological polar surface area (TPSA) is 38.1 Å². The van der Waals surface area contributed by atoms with Crippen LogP contribution in [0.25, 0.3) is 5.69 Å². The van der Waals surface area contributed by atoms with Gasteiger partial charge in [0, 0.05) is 18.6 Å². The van der Waals surface area contributed by atoms with Crippen LogP contribution in [-0.2, 0) is 6.54 Å². The average Bonchev–Trinajstić information content (AvgIpc) is 2.89. The van der Waals surface area contributed by atoms with E-state index in [0.717, 1.165) is 5.56 Å². The number of rotatable bonds is 4. The fourth-order valence-electron chi connectivity index (χ4n) is 2.67. The summed E-state index contributed by atoms with van der Waals surface area (Å²) in [4.78, 5) is 14.4. The van der Waals surface area contributed by atoms with E-state index in [-0.39, 0.29) is 16.9 Å². The van der Waals surface area contributed by atoms with E-state index >= 15 is 0 Å². The third-order valence-corrected chi connectivity index (χ3v) is 4.53. The van der Waals surface area contributed by atoms with E-state index in [0.29, 0.717) is 28.5 Å². The SMILES string of the molecule is Cc1nn(-c2ccc(F)cc2)c(Cl)c1C(=O)N(C)Cc1cccc(Cl)c1. The van der Waals surface area contributed by atoms with Crippen LogP contribution in [0.4, 0.5) is 4.39 Å². The number of nitrogens with zero attached hydrogens (tertiary/aromatic N) is 3. The van der Waals surface area contributed by atoms with Crippen LogP contribution >= 0.6 is 23.2 Å². The highest BCUT2D eigenvalue weighted by Gasteiger charge is 2.24. The number of hydrogen-bond donors (Lipinski definition) is 0. The Morgan fingerprint density at radius 2 is 1.88 bits per heavy atom. The van der Waals surface area contributed by atoms with Gasteiger partial charge in [-0.15, -0.1) is 0 Å².